The second kappa shape index (κ2) is 5.13. The van der Waals surface area contributed by atoms with Gasteiger partial charge >= 0.3 is 6.09 Å². The summed E-state index contributed by atoms with van der Waals surface area (Å²) in [5, 5.41) is 4.70. The van der Waals surface area contributed by atoms with Crippen LogP contribution in [0.3, 0.4) is 0 Å². The summed E-state index contributed by atoms with van der Waals surface area (Å²) in [5.74, 6) is -1.04. The van der Waals surface area contributed by atoms with E-state index in [2.05, 4.69) is 10.6 Å². The Bertz CT molecular complexity index is 438. The van der Waals surface area contributed by atoms with Gasteiger partial charge in [-0.05, 0) is 20.8 Å². The number of alkyl carbamates (subject to hydrolysis) is 1. The normalized spacial score (nSPS) is 23.7. The molecule has 1 rings (SSSR count). The monoisotopic (exact) mass is 278 g/mol. The molecule has 0 radical (unpaired) electrons. The highest BCUT2D eigenvalue weighted by atomic mass is 32.2. The Balaban J connectivity index is 2.69. The van der Waals surface area contributed by atoms with Crippen LogP contribution in [0.4, 0.5) is 4.79 Å². The lowest BCUT2D eigenvalue weighted by Crippen LogP contribution is -2.49. The maximum Gasteiger partial charge on any atom is 0.408 e. The van der Waals surface area contributed by atoms with Gasteiger partial charge in [0.05, 0.1) is 11.5 Å². The number of carbonyl (C=O) groups is 2. The van der Waals surface area contributed by atoms with Gasteiger partial charge in [-0.15, -0.1) is 0 Å². The number of hydrogen-bond donors (Lipinski definition) is 2. The molecule has 8 heteroatoms. The van der Waals surface area contributed by atoms with E-state index in [4.69, 9.17) is 4.74 Å². The van der Waals surface area contributed by atoms with Crippen LogP contribution in [0.2, 0.25) is 0 Å². The molecule has 0 aromatic carbocycles. The molecule has 1 saturated heterocycles. The largest absolute Gasteiger partial charge is 0.444 e. The van der Waals surface area contributed by atoms with Crippen molar-refractivity contribution >= 4 is 21.8 Å². The highest BCUT2D eigenvalue weighted by molar-refractivity contribution is 7.91. The quantitative estimate of drug-likeness (QED) is 0.668. The molecule has 0 spiro atoms. The minimum absolute atomic E-state index is 0.0632. The minimum atomic E-state index is -3.34. The highest BCUT2D eigenvalue weighted by Gasteiger charge is 2.31. The molecule has 18 heavy (non-hydrogen) atoms. The van der Waals surface area contributed by atoms with Gasteiger partial charge in [0.1, 0.15) is 11.6 Å². The van der Waals surface area contributed by atoms with E-state index < -0.39 is 39.2 Å². The van der Waals surface area contributed by atoms with Crippen LogP contribution in [0.25, 0.3) is 0 Å². The fraction of sp³-hybridized carbons (Fsp3) is 0.800. The number of amides is 2. The van der Waals surface area contributed by atoms with Crippen molar-refractivity contribution in [1.82, 2.24) is 10.6 Å². The van der Waals surface area contributed by atoms with Crippen molar-refractivity contribution in [2.75, 3.05) is 18.1 Å². The molecule has 1 atom stereocenters. The van der Waals surface area contributed by atoms with Crippen LogP contribution < -0.4 is 10.6 Å². The Morgan fingerprint density at radius 1 is 1.44 bits per heavy atom. The van der Waals surface area contributed by atoms with E-state index in [0.29, 0.717) is 0 Å². The van der Waals surface area contributed by atoms with Crippen molar-refractivity contribution in [1.29, 1.82) is 0 Å². The lowest BCUT2D eigenvalue weighted by molar-refractivity contribution is -0.122. The summed E-state index contributed by atoms with van der Waals surface area (Å²) in [5.41, 5.74) is -0.704. The smallest absolute Gasteiger partial charge is 0.408 e. The van der Waals surface area contributed by atoms with Crippen LogP contribution in [0.1, 0.15) is 20.8 Å². The Kier molecular flexibility index (Phi) is 4.20. The van der Waals surface area contributed by atoms with E-state index in [1.165, 1.54) is 0 Å². The van der Waals surface area contributed by atoms with Gasteiger partial charge in [-0.3, -0.25) is 4.79 Å². The first kappa shape index (κ1) is 14.7. The molecule has 1 aliphatic heterocycles. The zero-order valence-corrected chi connectivity index (χ0v) is 11.5. The Morgan fingerprint density at radius 2 is 2.06 bits per heavy atom. The summed E-state index contributed by atoms with van der Waals surface area (Å²) in [6, 6.07) is -1.10. The topological polar surface area (TPSA) is 102 Å². The molecule has 0 aliphatic carbocycles. The average molecular weight is 278 g/mol. The molecule has 1 heterocycles. The first-order valence-electron chi connectivity index (χ1n) is 5.57. The van der Waals surface area contributed by atoms with Crippen molar-refractivity contribution in [3.8, 4) is 0 Å². The van der Waals surface area contributed by atoms with E-state index in [1.54, 1.807) is 20.8 Å². The summed E-state index contributed by atoms with van der Waals surface area (Å²) in [7, 11) is -3.34. The SMILES string of the molecule is CC(C)(C)OC(=O)N[C@H]1CS(=O)(=O)CCNC1=O. The van der Waals surface area contributed by atoms with Crippen molar-refractivity contribution in [3.63, 3.8) is 0 Å². The summed E-state index contributed by atoms with van der Waals surface area (Å²) < 4.78 is 28.0. The first-order chi connectivity index (χ1) is 8.09. The molecule has 2 N–H and O–H groups in total. The van der Waals surface area contributed by atoms with Crippen LogP contribution in [-0.2, 0) is 19.4 Å². The molecular weight excluding hydrogens is 260 g/mol. The molecule has 0 saturated carbocycles. The van der Waals surface area contributed by atoms with Crippen molar-refractivity contribution in [2.45, 2.75) is 32.4 Å². The molecule has 0 unspecified atom stereocenters. The van der Waals surface area contributed by atoms with Crippen molar-refractivity contribution < 1.29 is 22.7 Å². The number of hydrogen-bond acceptors (Lipinski definition) is 5. The maximum absolute atomic E-state index is 11.6. The number of sulfone groups is 1. The van der Waals surface area contributed by atoms with Crippen LogP contribution >= 0.6 is 0 Å². The molecule has 7 nitrogen and oxygen atoms in total. The predicted octanol–water partition coefficient (Wildman–Crippen LogP) is -0.576. The number of carbonyl (C=O) groups excluding carboxylic acids is 2. The van der Waals surface area contributed by atoms with E-state index >= 15 is 0 Å². The van der Waals surface area contributed by atoms with E-state index in [1.807, 2.05) is 0 Å². The zero-order chi connectivity index (χ0) is 14.0. The Labute approximate surface area is 106 Å². The summed E-state index contributed by atoms with van der Waals surface area (Å²) in [6.45, 7) is 5.09. The second-order valence-electron chi connectivity index (χ2n) is 5.10. The van der Waals surface area contributed by atoms with Crippen molar-refractivity contribution in [2.24, 2.45) is 0 Å². The number of ether oxygens (including phenoxy) is 1. The maximum atomic E-state index is 11.6. The van der Waals surface area contributed by atoms with Gasteiger partial charge in [-0.2, -0.15) is 0 Å². The van der Waals surface area contributed by atoms with Gasteiger partial charge in [0, 0.05) is 6.54 Å². The first-order valence-corrected chi connectivity index (χ1v) is 7.39. The van der Waals surface area contributed by atoms with Gasteiger partial charge in [-0.25, -0.2) is 13.2 Å². The number of nitrogens with one attached hydrogen (secondary N) is 2. The average Bonchev–Trinajstić information content (AvgIpc) is 2.22. The molecule has 0 aromatic rings. The standard InChI is InChI=1S/C10H18N2O5S/c1-10(2,3)17-9(14)12-7-6-18(15,16)5-4-11-8(7)13/h7H,4-6H2,1-3H3,(H,11,13)(H,12,14)/t7-/m0/s1. The van der Waals surface area contributed by atoms with Gasteiger partial charge in [0.15, 0.2) is 9.84 Å². The van der Waals surface area contributed by atoms with Crippen LogP contribution in [-0.4, -0.2) is 50.1 Å². The molecule has 0 bridgehead atoms. The van der Waals surface area contributed by atoms with Crippen LogP contribution in [0.5, 0.6) is 0 Å². The lowest BCUT2D eigenvalue weighted by atomic mass is 10.2. The molecule has 1 fully saturated rings. The summed E-state index contributed by atoms with van der Waals surface area (Å²) in [6.07, 6.45) is -0.806. The zero-order valence-electron chi connectivity index (χ0n) is 10.6. The van der Waals surface area contributed by atoms with E-state index in [-0.39, 0.29) is 12.3 Å². The Morgan fingerprint density at radius 3 is 2.61 bits per heavy atom. The van der Waals surface area contributed by atoms with Gasteiger partial charge < -0.3 is 15.4 Å². The van der Waals surface area contributed by atoms with Crippen molar-refractivity contribution in [3.05, 3.63) is 0 Å². The fourth-order valence-electron chi connectivity index (χ4n) is 1.42. The molecule has 1 aliphatic rings. The van der Waals surface area contributed by atoms with E-state index in [0.717, 1.165) is 0 Å². The molecular formula is C10H18N2O5S. The van der Waals surface area contributed by atoms with Gasteiger partial charge in [-0.1, -0.05) is 0 Å². The van der Waals surface area contributed by atoms with Crippen LogP contribution in [0, 0.1) is 0 Å². The molecule has 2 amide bonds. The second-order valence-corrected chi connectivity index (χ2v) is 7.33. The fourth-order valence-corrected chi connectivity index (χ4v) is 2.75. The summed E-state index contributed by atoms with van der Waals surface area (Å²) >= 11 is 0. The van der Waals surface area contributed by atoms with Crippen LogP contribution in [0.15, 0.2) is 0 Å². The lowest BCUT2D eigenvalue weighted by Gasteiger charge is -2.22. The van der Waals surface area contributed by atoms with Gasteiger partial charge in [0.2, 0.25) is 5.91 Å². The minimum Gasteiger partial charge on any atom is -0.444 e. The third kappa shape index (κ3) is 4.91. The Hall–Kier alpha value is -1.31. The molecule has 0 aromatic heterocycles. The van der Waals surface area contributed by atoms with Gasteiger partial charge in [0.25, 0.3) is 0 Å². The summed E-state index contributed by atoms with van der Waals surface area (Å²) in [4.78, 5) is 23.0. The third-order valence-electron chi connectivity index (χ3n) is 2.14. The highest BCUT2D eigenvalue weighted by Crippen LogP contribution is 2.07. The van der Waals surface area contributed by atoms with E-state index in [9.17, 15) is 18.0 Å². The third-order valence-corrected chi connectivity index (χ3v) is 3.81. The molecule has 104 valence electrons. The predicted molar refractivity (Wildman–Crippen MR) is 64.8 cm³/mol. The number of rotatable bonds is 1.